The molecule has 3 aromatic carbocycles. The minimum atomic E-state index is -1.53. The molecule has 0 unspecified atom stereocenters. The van der Waals surface area contributed by atoms with E-state index in [-0.39, 0.29) is 24.3 Å². The van der Waals surface area contributed by atoms with E-state index in [1.807, 2.05) is 40.3 Å². The highest BCUT2D eigenvalue weighted by atomic mass is 32.3. The van der Waals surface area contributed by atoms with Crippen molar-refractivity contribution in [1.82, 2.24) is 10.3 Å². The first kappa shape index (κ1) is 35.2. The maximum atomic E-state index is 15.1. The Labute approximate surface area is 298 Å². The van der Waals surface area contributed by atoms with Crippen molar-refractivity contribution in [3.63, 3.8) is 0 Å². The van der Waals surface area contributed by atoms with Gasteiger partial charge in [-0.1, -0.05) is 18.2 Å². The first-order valence-corrected chi connectivity index (χ1v) is 18.7. The van der Waals surface area contributed by atoms with Crippen molar-refractivity contribution < 1.29 is 28.4 Å². The fourth-order valence-electron chi connectivity index (χ4n) is 6.23. The van der Waals surface area contributed by atoms with Crippen molar-refractivity contribution in [2.45, 2.75) is 18.0 Å². The van der Waals surface area contributed by atoms with Gasteiger partial charge in [-0.15, -0.1) is 0 Å². The summed E-state index contributed by atoms with van der Waals surface area (Å²) in [6.45, 7) is 0.0222. The van der Waals surface area contributed by atoms with E-state index in [0.717, 1.165) is 37.9 Å². The van der Waals surface area contributed by atoms with Crippen LogP contribution in [0.25, 0.3) is 5.57 Å². The summed E-state index contributed by atoms with van der Waals surface area (Å²) in [6.07, 6.45) is 12.3. The lowest BCUT2D eigenvalue weighted by atomic mass is 9.86. The third-order valence-electron chi connectivity index (χ3n) is 9.09. The maximum Gasteiger partial charge on any atom is 0.336 e. The molecule has 0 fully saturated rings. The molecule has 0 bridgehead atoms. The number of aromatic carboxylic acids is 1. The zero-order chi connectivity index (χ0) is 36.6. The highest BCUT2D eigenvalue weighted by Gasteiger charge is 2.37. The molecule has 6 rings (SSSR count). The van der Waals surface area contributed by atoms with Crippen LogP contribution >= 0.6 is 10.0 Å². The number of carbonyl (C=O) groups is 2. The Morgan fingerprint density at radius 1 is 1.00 bits per heavy atom. The number of hydrogen-bond acceptors (Lipinski definition) is 6. The van der Waals surface area contributed by atoms with Crippen LogP contribution in [0.15, 0.2) is 107 Å². The first-order chi connectivity index (χ1) is 24.2. The quantitative estimate of drug-likeness (QED) is 0.171. The van der Waals surface area contributed by atoms with Crippen LogP contribution in [0.5, 0.6) is 5.88 Å². The van der Waals surface area contributed by atoms with Gasteiger partial charge < -0.3 is 25.8 Å². The van der Waals surface area contributed by atoms with Gasteiger partial charge in [0.25, 0.3) is 5.91 Å². The Hall–Kier alpha value is -5.68. The number of fused-ring (bicyclic) bond motifs is 2. The number of carboxylic acids is 1. The molecule has 4 N–H and O–H groups in total. The van der Waals surface area contributed by atoms with Gasteiger partial charge >= 0.3 is 5.97 Å². The Balaban J connectivity index is 1.34. The van der Waals surface area contributed by atoms with E-state index in [1.54, 1.807) is 30.3 Å². The molecule has 0 saturated heterocycles. The van der Waals surface area contributed by atoms with Gasteiger partial charge in [-0.25, -0.2) is 18.7 Å². The van der Waals surface area contributed by atoms with Crippen LogP contribution < -0.4 is 20.7 Å². The third-order valence-corrected chi connectivity index (χ3v) is 12.0. The minimum Gasteiger partial charge on any atom is -0.478 e. The number of nitrogens with one attached hydrogen (secondary N) is 1. The topological polar surface area (TPSA) is 121 Å². The number of halogens is 1. The molecule has 1 aliphatic heterocycles. The van der Waals surface area contributed by atoms with Crippen molar-refractivity contribution in [2.24, 2.45) is 0 Å². The van der Waals surface area contributed by atoms with Crippen molar-refractivity contribution in [2.75, 3.05) is 51.3 Å². The lowest BCUT2D eigenvalue weighted by molar-refractivity contribution is -0.462. The van der Waals surface area contributed by atoms with E-state index < -0.39 is 27.7 Å². The Morgan fingerprint density at radius 3 is 2.47 bits per heavy atom. The molecule has 0 saturated carbocycles. The van der Waals surface area contributed by atoms with Crippen molar-refractivity contribution in [1.29, 1.82) is 0 Å². The number of anilines is 2. The zero-order valence-electron chi connectivity index (χ0n) is 29.5. The number of nitrogens with two attached hydrogens (primary N) is 1. The number of nitrogens with zero attached hydrogens (tertiary/aromatic N) is 3. The maximum absolute atomic E-state index is 15.1. The molecular formula is C40H41FN5O4S+. The highest BCUT2D eigenvalue weighted by molar-refractivity contribution is 8.36. The van der Waals surface area contributed by atoms with Crippen LogP contribution in [0.2, 0.25) is 0 Å². The number of ether oxygens (including phenoxy) is 1. The second-order valence-electron chi connectivity index (χ2n) is 13.2. The van der Waals surface area contributed by atoms with Crippen LogP contribution in [-0.2, 0) is 13.2 Å². The normalized spacial score (nSPS) is 15.0. The van der Waals surface area contributed by atoms with Gasteiger partial charge in [0.15, 0.2) is 0 Å². The van der Waals surface area contributed by atoms with Crippen LogP contribution in [0, 0.1) is 5.82 Å². The molecule has 2 aliphatic rings. The molecule has 262 valence electrons. The molecule has 0 atom stereocenters. The largest absolute Gasteiger partial charge is 0.478 e. The number of benzene rings is 3. The SMILES string of the molecule is CN(C)c1ccc2c(c1)S(C)(C)C1=CC(=[N+](C)C)C=CC1=C2c1cc(C(=O)NCc2ccc(COc3cc(N)ccn3)cc2F)ccc1C(=O)O. The second-order valence-corrected chi connectivity index (χ2v) is 16.8. The second kappa shape index (κ2) is 13.9. The molecular weight excluding hydrogens is 666 g/mol. The molecule has 1 aliphatic carbocycles. The van der Waals surface area contributed by atoms with Gasteiger partial charge in [0.05, 0.1) is 5.56 Å². The van der Waals surface area contributed by atoms with Gasteiger partial charge in [-0.2, -0.15) is 10.0 Å². The first-order valence-electron chi connectivity index (χ1n) is 16.3. The molecule has 51 heavy (non-hydrogen) atoms. The molecule has 0 spiro atoms. The number of hydrogen-bond donors (Lipinski definition) is 3. The number of amides is 1. The number of carbonyl (C=O) groups excluding carboxylic acids is 1. The molecule has 1 amide bonds. The lowest BCUT2D eigenvalue weighted by Gasteiger charge is -2.43. The average molecular weight is 707 g/mol. The lowest BCUT2D eigenvalue weighted by Crippen LogP contribution is -2.24. The van der Waals surface area contributed by atoms with Gasteiger partial charge in [-0.05, 0) is 88.9 Å². The number of allylic oxidation sites excluding steroid dienone is 4. The molecule has 11 heteroatoms. The molecule has 9 nitrogen and oxygen atoms in total. The van der Waals surface area contributed by atoms with E-state index in [4.69, 9.17) is 10.5 Å². The monoisotopic (exact) mass is 706 g/mol. The standard InChI is InChI=1S/C40H40FN5O4S/c1-45(2)28-10-13-31-35(20-28)51(5,6)36-21-29(46(3)4)11-14-32(36)38(31)33-18-25(9-12-30(33)40(48)49)39(47)44-22-26-8-7-24(17-34(26)41)23-50-37-19-27(42)15-16-43-37/h7-21H,22-23H2,1-6H3,(H3-,42,43,44,47,48,49)/p+1. The van der Waals surface area contributed by atoms with E-state index in [2.05, 4.69) is 56.6 Å². The van der Waals surface area contributed by atoms with E-state index >= 15 is 4.39 Å². The van der Waals surface area contributed by atoms with E-state index in [0.29, 0.717) is 28.3 Å². The van der Waals surface area contributed by atoms with E-state index in [9.17, 15) is 14.7 Å². The van der Waals surface area contributed by atoms with Crippen molar-refractivity contribution in [3.8, 4) is 5.88 Å². The molecule has 4 aromatic rings. The number of carboxylic acid groups (broad SMARTS) is 1. The Bertz CT molecular complexity index is 2220. The highest BCUT2D eigenvalue weighted by Crippen LogP contribution is 2.66. The summed E-state index contributed by atoms with van der Waals surface area (Å²) in [5.74, 6) is -1.72. The van der Waals surface area contributed by atoms with Crippen molar-refractivity contribution >= 4 is 44.6 Å². The Kier molecular flexibility index (Phi) is 9.59. The minimum absolute atomic E-state index is 0.0704. The fraction of sp³-hybridized carbons (Fsp3) is 0.200. The summed E-state index contributed by atoms with van der Waals surface area (Å²) in [7, 11) is 6.45. The smallest absolute Gasteiger partial charge is 0.336 e. The van der Waals surface area contributed by atoms with Crippen LogP contribution in [-0.4, -0.2) is 73.0 Å². The fourth-order valence-corrected chi connectivity index (χ4v) is 8.74. The van der Waals surface area contributed by atoms with Crippen LogP contribution in [0.1, 0.15) is 43.0 Å². The number of rotatable bonds is 9. The summed E-state index contributed by atoms with van der Waals surface area (Å²) >= 11 is 0. The molecule has 1 aromatic heterocycles. The number of pyridine rings is 1. The summed E-state index contributed by atoms with van der Waals surface area (Å²) < 4.78 is 22.8. The van der Waals surface area contributed by atoms with Gasteiger partial charge in [0.2, 0.25) is 11.6 Å². The van der Waals surface area contributed by atoms with Gasteiger partial charge in [0.1, 0.15) is 26.5 Å². The summed E-state index contributed by atoms with van der Waals surface area (Å²) in [4.78, 5) is 34.7. The number of nitrogen functional groups attached to an aromatic ring is 1. The van der Waals surface area contributed by atoms with Gasteiger partial charge in [-0.3, -0.25) is 4.79 Å². The van der Waals surface area contributed by atoms with Gasteiger partial charge in [0, 0.05) is 77.4 Å². The zero-order valence-corrected chi connectivity index (χ0v) is 30.3. The predicted molar refractivity (Wildman–Crippen MR) is 203 cm³/mol. The summed E-state index contributed by atoms with van der Waals surface area (Å²) in [6, 6.07) is 18.8. The van der Waals surface area contributed by atoms with Crippen molar-refractivity contribution in [3.05, 3.63) is 141 Å². The average Bonchev–Trinajstić information content (AvgIpc) is 3.10. The summed E-state index contributed by atoms with van der Waals surface area (Å²) in [5.41, 5.74) is 12.6. The predicted octanol–water partition coefficient (Wildman–Crippen LogP) is 6.48. The molecule has 2 heterocycles. The molecule has 0 radical (unpaired) electrons. The summed E-state index contributed by atoms with van der Waals surface area (Å²) in [5, 5.41) is 13.2. The number of aromatic nitrogens is 1. The van der Waals surface area contributed by atoms with Crippen LogP contribution in [0.3, 0.4) is 0 Å². The van der Waals surface area contributed by atoms with E-state index in [1.165, 1.54) is 24.4 Å². The Morgan fingerprint density at radius 2 is 1.78 bits per heavy atom. The third kappa shape index (κ3) is 7.02. The van der Waals surface area contributed by atoms with Crippen LogP contribution in [0.4, 0.5) is 15.8 Å².